The number of pyridine rings is 1. The molecule has 0 saturated heterocycles. The quantitative estimate of drug-likeness (QED) is 0.861. The first-order chi connectivity index (χ1) is 8.59. The van der Waals surface area contributed by atoms with Gasteiger partial charge in [0.1, 0.15) is 0 Å². The minimum atomic E-state index is -0.527. The molecule has 3 atom stereocenters. The molecule has 3 nitrogen and oxygen atoms in total. The van der Waals surface area contributed by atoms with Crippen LogP contribution in [0.5, 0.6) is 0 Å². The molecule has 0 radical (unpaired) electrons. The molecule has 2 rings (SSSR count). The molecule has 0 amide bonds. The van der Waals surface area contributed by atoms with Gasteiger partial charge in [0.25, 0.3) is 0 Å². The summed E-state index contributed by atoms with van der Waals surface area (Å²) < 4.78 is 0. The number of hydrogen-bond acceptors (Lipinski definition) is 3. The highest BCUT2D eigenvalue weighted by Crippen LogP contribution is 2.32. The van der Waals surface area contributed by atoms with Crippen molar-refractivity contribution in [1.29, 1.82) is 0 Å². The maximum atomic E-state index is 10.6. The lowest BCUT2D eigenvalue weighted by molar-refractivity contribution is -0.0135. The van der Waals surface area contributed by atoms with Gasteiger partial charge >= 0.3 is 0 Å². The van der Waals surface area contributed by atoms with Gasteiger partial charge in [-0.2, -0.15) is 0 Å². The SMILES string of the molecule is CC1CCCC(O)(CNC(C)c2ccccn2)C1. The van der Waals surface area contributed by atoms with Crippen LogP contribution in [0.2, 0.25) is 0 Å². The van der Waals surface area contributed by atoms with Crippen molar-refractivity contribution in [3.8, 4) is 0 Å². The van der Waals surface area contributed by atoms with Crippen LogP contribution in [0.25, 0.3) is 0 Å². The Morgan fingerprint density at radius 3 is 3.06 bits per heavy atom. The Labute approximate surface area is 110 Å². The smallest absolute Gasteiger partial charge is 0.0774 e. The van der Waals surface area contributed by atoms with Crippen LogP contribution in [-0.4, -0.2) is 22.2 Å². The van der Waals surface area contributed by atoms with Gasteiger partial charge in [-0.05, 0) is 37.8 Å². The highest BCUT2D eigenvalue weighted by molar-refractivity contribution is 5.07. The summed E-state index contributed by atoms with van der Waals surface area (Å²) in [5.74, 6) is 0.635. The highest BCUT2D eigenvalue weighted by Gasteiger charge is 2.32. The monoisotopic (exact) mass is 248 g/mol. The number of aliphatic hydroxyl groups is 1. The predicted molar refractivity (Wildman–Crippen MR) is 73.2 cm³/mol. The highest BCUT2D eigenvalue weighted by atomic mass is 16.3. The molecule has 3 unspecified atom stereocenters. The molecular weight excluding hydrogens is 224 g/mol. The third kappa shape index (κ3) is 3.53. The summed E-state index contributed by atoms with van der Waals surface area (Å²) in [5.41, 5.74) is 0.505. The predicted octanol–water partition coefficient (Wildman–Crippen LogP) is 2.67. The summed E-state index contributed by atoms with van der Waals surface area (Å²) >= 11 is 0. The van der Waals surface area contributed by atoms with Crippen molar-refractivity contribution in [2.45, 2.75) is 51.2 Å². The zero-order valence-electron chi connectivity index (χ0n) is 11.4. The van der Waals surface area contributed by atoms with Crippen LogP contribution in [0.15, 0.2) is 24.4 Å². The Balaban J connectivity index is 1.87. The fraction of sp³-hybridized carbons (Fsp3) is 0.667. The van der Waals surface area contributed by atoms with E-state index in [1.807, 2.05) is 24.4 Å². The zero-order chi connectivity index (χ0) is 13.0. The first-order valence-electron chi connectivity index (χ1n) is 6.96. The maximum absolute atomic E-state index is 10.6. The van der Waals surface area contributed by atoms with Gasteiger partial charge in [0.15, 0.2) is 0 Å². The summed E-state index contributed by atoms with van der Waals surface area (Å²) in [4.78, 5) is 4.34. The van der Waals surface area contributed by atoms with Gasteiger partial charge in [0.05, 0.1) is 11.3 Å². The second-order valence-electron chi connectivity index (χ2n) is 5.78. The van der Waals surface area contributed by atoms with Gasteiger partial charge in [-0.3, -0.25) is 4.98 Å². The molecule has 1 fully saturated rings. The molecule has 1 aromatic rings. The van der Waals surface area contributed by atoms with Crippen molar-refractivity contribution in [3.63, 3.8) is 0 Å². The van der Waals surface area contributed by atoms with Gasteiger partial charge in [-0.1, -0.05) is 25.8 Å². The van der Waals surface area contributed by atoms with E-state index in [0.717, 1.165) is 25.0 Å². The van der Waals surface area contributed by atoms with Gasteiger partial charge in [-0.15, -0.1) is 0 Å². The lowest BCUT2D eigenvalue weighted by Gasteiger charge is -2.36. The summed E-state index contributed by atoms with van der Waals surface area (Å²) in [6.45, 7) is 4.99. The standard InChI is InChI=1S/C15H24N2O/c1-12-6-5-8-15(18,10-12)11-17-13(2)14-7-3-4-9-16-14/h3-4,7,9,12-13,17-18H,5-6,8,10-11H2,1-2H3. The fourth-order valence-corrected chi connectivity index (χ4v) is 2.87. The summed E-state index contributed by atoms with van der Waals surface area (Å²) in [6.07, 6.45) is 6.02. The Kier molecular flexibility index (Phi) is 4.36. The minimum absolute atomic E-state index is 0.187. The molecule has 2 N–H and O–H groups in total. The molecule has 0 aromatic carbocycles. The normalized spacial score (nSPS) is 30.1. The van der Waals surface area contributed by atoms with E-state index in [1.165, 1.54) is 6.42 Å². The first-order valence-corrected chi connectivity index (χ1v) is 6.96. The molecule has 100 valence electrons. The molecule has 1 heterocycles. The van der Waals surface area contributed by atoms with Crippen LogP contribution in [-0.2, 0) is 0 Å². The van der Waals surface area contributed by atoms with Crippen LogP contribution in [0.3, 0.4) is 0 Å². The first kappa shape index (κ1) is 13.5. The van der Waals surface area contributed by atoms with Crippen molar-refractivity contribution in [1.82, 2.24) is 10.3 Å². The molecule has 1 aliphatic carbocycles. The molecule has 1 aliphatic rings. The van der Waals surface area contributed by atoms with Crippen molar-refractivity contribution in [3.05, 3.63) is 30.1 Å². The molecular formula is C15H24N2O. The second-order valence-corrected chi connectivity index (χ2v) is 5.78. The van der Waals surface area contributed by atoms with Gasteiger partial charge in [-0.25, -0.2) is 0 Å². The van der Waals surface area contributed by atoms with Crippen molar-refractivity contribution >= 4 is 0 Å². The van der Waals surface area contributed by atoms with Crippen LogP contribution in [0.4, 0.5) is 0 Å². The molecule has 0 aliphatic heterocycles. The third-order valence-corrected chi connectivity index (χ3v) is 3.94. The molecule has 0 spiro atoms. The van der Waals surface area contributed by atoms with E-state index in [-0.39, 0.29) is 6.04 Å². The van der Waals surface area contributed by atoms with E-state index in [9.17, 15) is 5.11 Å². The Hall–Kier alpha value is -0.930. The van der Waals surface area contributed by atoms with E-state index in [4.69, 9.17) is 0 Å². The van der Waals surface area contributed by atoms with Gasteiger partial charge in [0, 0.05) is 18.8 Å². The molecule has 1 saturated carbocycles. The topological polar surface area (TPSA) is 45.1 Å². The van der Waals surface area contributed by atoms with E-state index in [2.05, 4.69) is 24.1 Å². The summed E-state index contributed by atoms with van der Waals surface area (Å²) in [5, 5.41) is 14.0. The average molecular weight is 248 g/mol. The third-order valence-electron chi connectivity index (χ3n) is 3.94. The number of nitrogens with zero attached hydrogens (tertiary/aromatic N) is 1. The van der Waals surface area contributed by atoms with Crippen LogP contribution in [0, 0.1) is 5.92 Å². The van der Waals surface area contributed by atoms with Crippen LogP contribution in [0.1, 0.15) is 51.3 Å². The van der Waals surface area contributed by atoms with Crippen molar-refractivity contribution in [2.24, 2.45) is 5.92 Å². The molecule has 3 heteroatoms. The molecule has 18 heavy (non-hydrogen) atoms. The number of hydrogen-bond donors (Lipinski definition) is 2. The summed E-state index contributed by atoms with van der Waals surface area (Å²) in [6, 6.07) is 6.13. The van der Waals surface area contributed by atoms with Crippen molar-refractivity contribution in [2.75, 3.05) is 6.54 Å². The molecule has 0 bridgehead atoms. The average Bonchev–Trinajstić information content (AvgIpc) is 2.37. The second kappa shape index (κ2) is 5.81. The van der Waals surface area contributed by atoms with Crippen molar-refractivity contribution < 1.29 is 5.11 Å². The van der Waals surface area contributed by atoms with E-state index >= 15 is 0 Å². The molecule has 1 aromatic heterocycles. The number of rotatable bonds is 4. The van der Waals surface area contributed by atoms with Gasteiger partial charge in [0.2, 0.25) is 0 Å². The van der Waals surface area contributed by atoms with E-state index in [1.54, 1.807) is 0 Å². The lowest BCUT2D eigenvalue weighted by atomic mass is 9.79. The summed E-state index contributed by atoms with van der Waals surface area (Å²) in [7, 11) is 0. The number of nitrogens with one attached hydrogen (secondary N) is 1. The fourth-order valence-electron chi connectivity index (χ4n) is 2.87. The van der Waals surface area contributed by atoms with E-state index < -0.39 is 5.60 Å². The number of aromatic nitrogens is 1. The lowest BCUT2D eigenvalue weighted by Crippen LogP contribution is -2.44. The van der Waals surface area contributed by atoms with E-state index in [0.29, 0.717) is 12.5 Å². The minimum Gasteiger partial charge on any atom is -0.389 e. The zero-order valence-corrected chi connectivity index (χ0v) is 11.4. The Morgan fingerprint density at radius 1 is 1.56 bits per heavy atom. The largest absolute Gasteiger partial charge is 0.389 e. The Bertz CT molecular complexity index is 368. The van der Waals surface area contributed by atoms with Crippen LogP contribution < -0.4 is 5.32 Å². The maximum Gasteiger partial charge on any atom is 0.0774 e. The Morgan fingerprint density at radius 2 is 2.39 bits per heavy atom. The van der Waals surface area contributed by atoms with Crippen LogP contribution >= 0.6 is 0 Å². The van der Waals surface area contributed by atoms with Gasteiger partial charge < -0.3 is 10.4 Å².